The van der Waals surface area contributed by atoms with E-state index in [9.17, 15) is 4.79 Å². The number of furan rings is 1. The van der Waals surface area contributed by atoms with E-state index in [-0.39, 0.29) is 11.8 Å². The van der Waals surface area contributed by atoms with Crippen molar-refractivity contribution in [2.75, 3.05) is 19.6 Å². The van der Waals surface area contributed by atoms with Gasteiger partial charge in [-0.2, -0.15) is 0 Å². The van der Waals surface area contributed by atoms with Gasteiger partial charge < -0.3 is 14.3 Å². The third kappa shape index (κ3) is 4.28. The lowest BCUT2D eigenvalue weighted by Gasteiger charge is -2.32. The molecule has 0 spiro atoms. The number of nitrogens with zero attached hydrogens (tertiary/aromatic N) is 4. The minimum Gasteiger partial charge on any atom is -0.467 e. The highest BCUT2D eigenvalue weighted by molar-refractivity contribution is 5.78. The second-order valence-electron chi connectivity index (χ2n) is 7.08. The molecule has 0 bridgehead atoms. The molecule has 1 aliphatic rings. The molecule has 1 atom stereocenters. The maximum atomic E-state index is 12.3. The quantitative estimate of drug-likeness (QED) is 0.701. The zero-order valence-corrected chi connectivity index (χ0v) is 15.8. The van der Waals surface area contributed by atoms with Crippen LogP contribution < -0.4 is 5.32 Å². The van der Waals surface area contributed by atoms with Crippen LogP contribution in [-0.4, -0.2) is 45.6 Å². The van der Waals surface area contributed by atoms with Gasteiger partial charge in [0.05, 0.1) is 36.3 Å². The van der Waals surface area contributed by atoms with Gasteiger partial charge in [-0.25, -0.2) is 9.97 Å². The van der Waals surface area contributed by atoms with E-state index in [1.165, 1.54) is 0 Å². The van der Waals surface area contributed by atoms with Gasteiger partial charge in [0.15, 0.2) is 5.76 Å². The molecule has 1 fully saturated rings. The van der Waals surface area contributed by atoms with Gasteiger partial charge in [-0.05, 0) is 38.4 Å². The van der Waals surface area contributed by atoms with E-state index in [4.69, 9.17) is 8.94 Å². The fourth-order valence-electron chi connectivity index (χ4n) is 3.62. The fourth-order valence-corrected chi connectivity index (χ4v) is 3.62. The highest BCUT2D eigenvalue weighted by Crippen LogP contribution is 2.32. The Balaban J connectivity index is 1.41. The van der Waals surface area contributed by atoms with Crippen molar-refractivity contribution in [3.8, 4) is 11.3 Å². The Bertz CT molecular complexity index is 922. The molecule has 1 amide bonds. The van der Waals surface area contributed by atoms with Crippen LogP contribution in [-0.2, 0) is 11.3 Å². The van der Waals surface area contributed by atoms with Crippen molar-refractivity contribution in [3.63, 3.8) is 0 Å². The number of piperidine rings is 1. The van der Waals surface area contributed by atoms with E-state index in [0.717, 1.165) is 48.6 Å². The number of likely N-dealkylation sites (tertiary alicyclic amines) is 1. The number of amides is 1. The van der Waals surface area contributed by atoms with Crippen LogP contribution in [0.5, 0.6) is 0 Å². The Labute approximate surface area is 162 Å². The lowest BCUT2D eigenvalue weighted by Crippen LogP contribution is -2.42. The first-order valence-electron chi connectivity index (χ1n) is 9.44. The summed E-state index contributed by atoms with van der Waals surface area (Å²) in [5.74, 6) is 1.64. The summed E-state index contributed by atoms with van der Waals surface area (Å²) in [6.45, 7) is 4.32. The molecule has 3 aromatic rings. The minimum atomic E-state index is -0.00850. The number of rotatable bonds is 6. The Morgan fingerprint density at radius 1 is 1.43 bits per heavy atom. The summed E-state index contributed by atoms with van der Waals surface area (Å²) in [6.07, 6.45) is 6.97. The van der Waals surface area contributed by atoms with Gasteiger partial charge in [0, 0.05) is 24.7 Å². The van der Waals surface area contributed by atoms with Crippen molar-refractivity contribution in [2.45, 2.75) is 32.2 Å². The molecular weight excluding hydrogens is 358 g/mol. The van der Waals surface area contributed by atoms with Crippen molar-refractivity contribution in [1.29, 1.82) is 0 Å². The van der Waals surface area contributed by atoms with Gasteiger partial charge in [-0.15, -0.1) is 0 Å². The minimum absolute atomic E-state index is 0.00850. The monoisotopic (exact) mass is 381 g/mol. The fraction of sp³-hybridized carbons (Fsp3) is 0.400. The van der Waals surface area contributed by atoms with Gasteiger partial charge in [-0.3, -0.25) is 9.69 Å². The summed E-state index contributed by atoms with van der Waals surface area (Å²) in [5.41, 5.74) is 2.65. The van der Waals surface area contributed by atoms with Gasteiger partial charge in [0.25, 0.3) is 0 Å². The molecular formula is C20H23N5O3. The van der Waals surface area contributed by atoms with Crippen LogP contribution in [0.2, 0.25) is 0 Å². The molecule has 1 saturated heterocycles. The van der Waals surface area contributed by atoms with Gasteiger partial charge in [0.1, 0.15) is 12.1 Å². The van der Waals surface area contributed by atoms with E-state index >= 15 is 0 Å². The lowest BCUT2D eigenvalue weighted by molar-refractivity contribution is -0.122. The molecule has 8 heteroatoms. The Kier molecular flexibility index (Phi) is 5.48. The first kappa shape index (κ1) is 18.4. The van der Waals surface area contributed by atoms with Crippen molar-refractivity contribution in [2.24, 2.45) is 0 Å². The van der Waals surface area contributed by atoms with E-state index in [1.807, 2.05) is 25.1 Å². The summed E-state index contributed by atoms with van der Waals surface area (Å²) in [7, 11) is 0. The number of carbonyl (C=O) groups is 1. The molecule has 8 nitrogen and oxygen atoms in total. The third-order valence-electron chi connectivity index (χ3n) is 4.94. The Morgan fingerprint density at radius 3 is 3.14 bits per heavy atom. The number of hydrogen-bond donors (Lipinski definition) is 1. The SMILES string of the molecule is Cc1cc(-c2cncnc2[C@H]2CCCN(CC(=O)NCc3ccco3)C2)on1. The summed E-state index contributed by atoms with van der Waals surface area (Å²) in [5, 5.41) is 6.88. The number of nitrogens with one attached hydrogen (secondary N) is 1. The number of aryl methyl sites for hydroxylation is 1. The average Bonchev–Trinajstić information content (AvgIpc) is 3.38. The number of hydrogen-bond acceptors (Lipinski definition) is 7. The first-order valence-corrected chi connectivity index (χ1v) is 9.44. The highest BCUT2D eigenvalue weighted by atomic mass is 16.5. The van der Waals surface area contributed by atoms with Crippen LogP contribution in [0.15, 0.2) is 45.9 Å². The van der Waals surface area contributed by atoms with Crippen LogP contribution in [0.3, 0.4) is 0 Å². The summed E-state index contributed by atoms with van der Waals surface area (Å²) in [4.78, 5) is 23.2. The first-order chi connectivity index (χ1) is 13.7. The van der Waals surface area contributed by atoms with Crippen LogP contribution >= 0.6 is 0 Å². The number of carbonyl (C=O) groups excluding carboxylic acids is 1. The molecule has 28 heavy (non-hydrogen) atoms. The van der Waals surface area contributed by atoms with Crippen molar-refractivity contribution >= 4 is 5.91 Å². The molecule has 4 rings (SSSR count). The van der Waals surface area contributed by atoms with E-state index in [2.05, 4.69) is 25.3 Å². The molecule has 1 aliphatic heterocycles. The molecule has 3 aromatic heterocycles. The summed E-state index contributed by atoms with van der Waals surface area (Å²) >= 11 is 0. The molecule has 0 saturated carbocycles. The summed E-state index contributed by atoms with van der Waals surface area (Å²) in [6, 6.07) is 5.55. The Morgan fingerprint density at radius 2 is 2.36 bits per heavy atom. The van der Waals surface area contributed by atoms with E-state index in [0.29, 0.717) is 18.8 Å². The zero-order valence-electron chi connectivity index (χ0n) is 15.8. The van der Waals surface area contributed by atoms with Crippen LogP contribution in [0.4, 0.5) is 0 Å². The second kappa shape index (κ2) is 8.35. The van der Waals surface area contributed by atoms with Crippen LogP contribution in [0, 0.1) is 6.92 Å². The third-order valence-corrected chi connectivity index (χ3v) is 4.94. The molecule has 0 radical (unpaired) electrons. The van der Waals surface area contributed by atoms with E-state index in [1.54, 1.807) is 18.8 Å². The van der Waals surface area contributed by atoms with Crippen molar-refractivity contribution < 1.29 is 13.7 Å². The van der Waals surface area contributed by atoms with Crippen LogP contribution in [0.25, 0.3) is 11.3 Å². The predicted molar refractivity (Wildman–Crippen MR) is 101 cm³/mol. The smallest absolute Gasteiger partial charge is 0.234 e. The molecule has 0 aliphatic carbocycles. The van der Waals surface area contributed by atoms with Gasteiger partial charge in [-0.1, -0.05) is 5.16 Å². The van der Waals surface area contributed by atoms with Gasteiger partial charge in [0.2, 0.25) is 5.91 Å². The molecule has 0 unspecified atom stereocenters. The predicted octanol–water partition coefficient (Wildman–Crippen LogP) is 2.53. The van der Waals surface area contributed by atoms with Crippen LogP contribution in [0.1, 0.15) is 35.9 Å². The van der Waals surface area contributed by atoms with E-state index < -0.39 is 0 Å². The highest BCUT2D eigenvalue weighted by Gasteiger charge is 2.27. The van der Waals surface area contributed by atoms with Crippen molar-refractivity contribution in [3.05, 3.63) is 54.1 Å². The standard InChI is InChI=1S/C20H23N5O3/c1-14-8-18(28-24-14)17-10-21-13-23-20(17)15-4-2-6-25(11-15)12-19(26)22-9-16-5-3-7-27-16/h3,5,7-8,10,13,15H,2,4,6,9,11-12H2,1H3,(H,22,26)/t15-/m0/s1. The number of aromatic nitrogens is 3. The molecule has 146 valence electrons. The second-order valence-corrected chi connectivity index (χ2v) is 7.08. The average molecular weight is 381 g/mol. The Hall–Kier alpha value is -3.00. The summed E-state index contributed by atoms with van der Waals surface area (Å²) < 4.78 is 10.7. The molecule has 1 N–H and O–H groups in total. The normalized spacial score (nSPS) is 17.5. The lowest BCUT2D eigenvalue weighted by atomic mass is 9.91. The topological polar surface area (TPSA) is 97.3 Å². The maximum Gasteiger partial charge on any atom is 0.234 e. The van der Waals surface area contributed by atoms with Gasteiger partial charge >= 0.3 is 0 Å². The van der Waals surface area contributed by atoms with Crippen molar-refractivity contribution in [1.82, 2.24) is 25.3 Å². The molecule has 4 heterocycles. The maximum absolute atomic E-state index is 12.3. The molecule has 0 aromatic carbocycles. The zero-order chi connectivity index (χ0) is 19.3. The largest absolute Gasteiger partial charge is 0.467 e.